The van der Waals surface area contributed by atoms with Crippen LogP contribution in [-0.2, 0) is 6.42 Å². The predicted molar refractivity (Wildman–Crippen MR) is 135 cm³/mol. The summed E-state index contributed by atoms with van der Waals surface area (Å²) >= 11 is 1.78. The second kappa shape index (κ2) is 13.0. The Bertz CT molecular complexity index is 755. The van der Waals surface area contributed by atoms with Crippen LogP contribution in [0.15, 0.2) is 23.5 Å². The van der Waals surface area contributed by atoms with Crippen LogP contribution in [0.4, 0.5) is 5.95 Å². The number of aromatic nitrogens is 3. The maximum atomic E-state index is 4.59. The van der Waals surface area contributed by atoms with Gasteiger partial charge in [0, 0.05) is 70.0 Å². The van der Waals surface area contributed by atoms with Gasteiger partial charge in [0.1, 0.15) is 0 Å². The third kappa shape index (κ3) is 7.62. The van der Waals surface area contributed by atoms with E-state index in [1.807, 2.05) is 13.1 Å². The standard InChI is InChI=1S/C20H32N8S.HI/c1-16-17(2)29-18(26-16)6-10-23-19(21-3)22-9-5-11-27-12-14-28(15-13-27)20-24-7-4-8-25-20;/h4,7-8H,5-6,9-15H2,1-3H3,(H2,21,22,23);1H. The van der Waals surface area contributed by atoms with E-state index in [9.17, 15) is 0 Å². The molecule has 10 heteroatoms. The van der Waals surface area contributed by atoms with Crippen LogP contribution in [0.2, 0.25) is 0 Å². The molecular formula is C20H33IN8S. The van der Waals surface area contributed by atoms with Crippen LogP contribution in [0.5, 0.6) is 0 Å². The number of nitrogens with one attached hydrogen (secondary N) is 2. The molecule has 0 radical (unpaired) electrons. The van der Waals surface area contributed by atoms with Crippen molar-refractivity contribution in [3.8, 4) is 0 Å². The molecule has 2 N–H and O–H groups in total. The molecule has 2 aromatic heterocycles. The van der Waals surface area contributed by atoms with E-state index in [4.69, 9.17) is 0 Å². The predicted octanol–water partition coefficient (Wildman–Crippen LogP) is 2.09. The van der Waals surface area contributed by atoms with E-state index in [1.54, 1.807) is 23.7 Å². The highest BCUT2D eigenvalue weighted by Crippen LogP contribution is 2.16. The summed E-state index contributed by atoms with van der Waals surface area (Å²) in [6, 6.07) is 1.86. The van der Waals surface area contributed by atoms with E-state index >= 15 is 0 Å². The van der Waals surface area contributed by atoms with Gasteiger partial charge in [0.25, 0.3) is 0 Å². The number of aryl methyl sites for hydroxylation is 2. The fourth-order valence-corrected chi connectivity index (χ4v) is 4.22. The van der Waals surface area contributed by atoms with Crippen molar-refractivity contribution in [3.63, 3.8) is 0 Å². The highest BCUT2D eigenvalue weighted by Gasteiger charge is 2.18. The van der Waals surface area contributed by atoms with Crippen molar-refractivity contribution < 1.29 is 0 Å². The van der Waals surface area contributed by atoms with Gasteiger partial charge in [0.05, 0.1) is 10.7 Å². The molecule has 3 heterocycles. The molecule has 1 saturated heterocycles. The second-order valence-electron chi connectivity index (χ2n) is 7.16. The Labute approximate surface area is 200 Å². The van der Waals surface area contributed by atoms with Crippen molar-refractivity contribution in [2.75, 3.05) is 57.8 Å². The molecule has 1 aliphatic heterocycles. The van der Waals surface area contributed by atoms with Gasteiger partial charge in [-0.15, -0.1) is 35.3 Å². The van der Waals surface area contributed by atoms with Crippen molar-refractivity contribution in [3.05, 3.63) is 34.0 Å². The number of hydrogen-bond acceptors (Lipinski definition) is 7. The summed E-state index contributed by atoms with van der Waals surface area (Å²) in [7, 11) is 1.82. The molecule has 1 fully saturated rings. The zero-order valence-corrected chi connectivity index (χ0v) is 21.2. The van der Waals surface area contributed by atoms with E-state index in [1.165, 1.54) is 9.88 Å². The van der Waals surface area contributed by atoms with Crippen molar-refractivity contribution >= 4 is 47.2 Å². The van der Waals surface area contributed by atoms with Gasteiger partial charge >= 0.3 is 0 Å². The summed E-state index contributed by atoms with van der Waals surface area (Å²) in [6.07, 6.45) is 5.63. The number of aliphatic imine (C=N–C) groups is 1. The SMILES string of the molecule is CN=C(NCCCN1CCN(c2ncccn2)CC1)NCCc1nc(C)c(C)s1.I. The summed E-state index contributed by atoms with van der Waals surface area (Å²) in [6.45, 7) is 11.1. The van der Waals surface area contributed by atoms with Gasteiger partial charge in [-0.3, -0.25) is 9.89 Å². The normalized spacial score (nSPS) is 15.0. The summed E-state index contributed by atoms with van der Waals surface area (Å²) in [5, 5.41) is 7.98. The molecule has 2 aromatic rings. The van der Waals surface area contributed by atoms with E-state index in [0.717, 1.165) is 76.3 Å². The van der Waals surface area contributed by atoms with Crippen molar-refractivity contribution in [1.29, 1.82) is 0 Å². The topological polar surface area (TPSA) is 81.6 Å². The largest absolute Gasteiger partial charge is 0.356 e. The first-order valence-corrected chi connectivity index (χ1v) is 11.1. The lowest BCUT2D eigenvalue weighted by molar-refractivity contribution is 0.254. The van der Waals surface area contributed by atoms with Crippen molar-refractivity contribution in [1.82, 2.24) is 30.5 Å². The summed E-state index contributed by atoms with van der Waals surface area (Å²) in [5.74, 6) is 1.70. The molecule has 0 atom stereocenters. The minimum Gasteiger partial charge on any atom is -0.356 e. The quantitative estimate of drug-likeness (QED) is 0.228. The Morgan fingerprint density at radius 2 is 1.80 bits per heavy atom. The van der Waals surface area contributed by atoms with E-state index in [2.05, 4.69) is 54.2 Å². The third-order valence-electron chi connectivity index (χ3n) is 5.08. The summed E-state index contributed by atoms with van der Waals surface area (Å²) < 4.78 is 0. The molecule has 166 valence electrons. The minimum absolute atomic E-state index is 0. The van der Waals surface area contributed by atoms with Gasteiger partial charge in [-0.05, 0) is 32.9 Å². The molecule has 0 saturated carbocycles. The molecule has 3 rings (SSSR count). The zero-order valence-electron chi connectivity index (χ0n) is 18.1. The Hall–Kier alpha value is -1.53. The summed E-state index contributed by atoms with van der Waals surface area (Å²) in [4.78, 5) is 23.7. The average molecular weight is 545 g/mol. The maximum Gasteiger partial charge on any atom is 0.225 e. The number of anilines is 1. The number of nitrogens with zero attached hydrogens (tertiary/aromatic N) is 6. The average Bonchev–Trinajstić information content (AvgIpc) is 3.08. The van der Waals surface area contributed by atoms with Gasteiger partial charge < -0.3 is 15.5 Å². The molecule has 8 nitrogen and oxygen atoms in total. The molecule has 0 amide bonds. The number of halogens is 1. The van der Waals surface area contributed by atoms with Crippen LogP contribution >= 0.6 is 35.3 Å². The van der Waals surface area contributed by atoms with Crippen LogP contribution in [-0.4, -0.2) is 78.7 Å². The van der Waals surface area contributed by atoms with Gasteiger partial charge in [-0.2, -0.15) is 0 Å². The molecule has 0 aromatic carbocycles. The van der Waals surface area contributed by atoms with Crippen molar-refractivity contribution in [2.45, 2.75) is 26.7 Å². The van der Waals surface area contributed by atoms with E-state index < -0.39 is 0 Å². The third-order valence-corrected chi connectivity index (χ3v) is 6.21. The fourth-order valence-electron chi connectivity index (χ4n) is 3.29. The van der Waals surface area contributed by atoms with Crippen molar-refractivity contribution in [2.24, 2.45) is 4.99 Å². The maximum absolute atomic E-state index is 4.59. The van der Waals surface area contributed by atoms with E-state index in [-0.39, 0.29) is 24.0 Å². The fraction of sp³-hybridized carbons (Fsp3) is 0.600. The first-order valence-electron chi connectivity index (χ1n) is 10.3. The van der Waals surface area contributed by atoms with Crippen LogP contribution in [0.25, 0.3) is 0 Å². The Balaban J connectivity index is 0.00000320. The lowest BCUT2D eigenvalue weighted by Gasteiger charge is -2.34. The number of thiazole rings is 1. The van der Waals surface area contributed by atoms with Crippen LogP contribution in [0.1, 0.15) is 22.0 Å². The second-order valence-corrected chi connectivity index (χ2v) is 8.44. The zero-order chi connectivity index (χ0) is 20.5. The molecule has 0 bridgehead atoms. The highest BCUT2D eigenvalue weighted by atomic mass is 127. The molecule has 0 spiro atoms. The molecule has 0 unspecified atom stereocenters. The number of hydrogen-bond donors (Lipinski definition) is 2. The lowest BCUT2D eigenvalue weighted by atomic mass is 10.3. The lowest BCUT2D eigenvalue weighted by Crippen LogP contribution is -2.47. The highest BCUT2D eigenvalue weighted by molar-refractivity contribution is 14.0. The van der Waals surface area contributed by atoms with Gasteiger partial charge in [0.2, 0.25) is 5.95 Å². The summed E-state index contributed by atoms with van der Waals surface area (Å²) in [5.41, 5.74) is 1.14. The molecule has 1 aliphatic rings. The van der Waals surface area contributed by atoms with Crippen LogP contribution < -0.4 is 15.5 Å². The Kier molecular flexibility index (Phi) is 10.7. The Morgan fingerprint density at radius 1 is 1.10 bits per heavy atom. The molecule has 0 aliphatic carbocycles. The van der Waals surface area contributed by atoms with Crippen LogP contribution in [0, 0.1) is 13.8 Å². The minimum atomic E-state index is 0. The monoisotopic (exact) mass is 544 g/mol. The number of guanidine groups is 1. The number of rotatable bonds is 8. The smallest absolute Gasteiger partial charge is 0.225 e. The Morgan fingerprint density at radius 3 is 2.43 bits per heavy atom. The molecular weight excluding hydrogens is 511 g/mol. The first kappa shape index (κ1) is 24.7. The first-order chi connectivity index (χ1) is 14.2. The van der Waals surface area contributed by atoms with Gasteiger partial charge in [0.15, 0.2) is 5.96 Å². The van der Waals surface area contributed by atoms with Crippen LogP contribution in [0.3, 0.4) is 0 Å². The van der Waals surface area contributed by atoms with Gasteiger partial charge in [-0.25, -0.2) is 15.0 Å². The number of piperazine rings is 1. The van der Waals surface area contributed by atoms with E-state index in [0.29, 0.717) is 0 Å². The molecule has 30 heavy (non-hydrogen) atoms. The van der Waals surface area contributed by atoms with Gasteiger partial charge in [-0.1, -0.05) is 0 Å².